The summed E-state index contributed by atoms with van der Waals surface area (Å²) >= 11 is 0. The van der Waals surface area contributed by atoms with Crippen LogP contribution in [0.4, 0.5) is 87.8 Å². The Kier molecular flexibility index (Phi) is 15.4. The third kappa shape index (κ3) is 8.72. The maximum atomic E-state index is 15.4. The first-order valence-corrected chi connectivity index (χ1v) is 20.1. The Morgan fingerprint density at radius 3 is 0.841 bits per heavy atom. The fourth-order valence-electron chi connectivity index (χ4n) is 7.35. The maximum Gasteiger partial charge on any atom is 0.208 e. The second kappa shape index (κ2) is 20.5. The predicted octanol–water partition coefficient (Wildman–Crippen LogP) is 10.7. The topological polar surface area (TPSA) is 18.5 Å². The molecule has 0 atom stereocenters. The van der Waals surface area contributed by atoms with Crippen LogP contribution < -0.4 is 26.6 Å². The van der Waals surface area contributed by atoms with Gasteiger partial charge >= 0.3 is 0 Å². The van der Waals surface area contributed by atoms with Crippen molar-refractivity contribution in [1.82, 2.24) is 0 Å². The average Bonchev–Trinajstić information content (AvgIpc) is 3.35. The highest BCUT2D eigenvalue weighted by atomic mass is 32.2. The number of benzene rings is 7. The number of hydrogen-bond donors (Lipinski definition) is 0. The van der Waals surface area contributed by atoms with E-state index in [1.807, 2.05) is 12.1 Å². The lowest BCUT2D eigenvalue weighted by Crippen LogP contribution is -2.81. The van der Waals surface area contributed by atoms with E-state index < -0.39 is 144 Å². The Bertz CT molecular complexity index is 2670. The Morgan fingerprint density at radius 1 is 0.319 bits per heavy atom. The lowest BCUT2D eigenvalue weighted by molar-refractivity contribution is 0.145. The Labute approximate surface area is 377 Å². The molecule has 7 aromatic carbocycles. The molecule has 0 radical (unpaired) electrons. The Hall–Kier alpha value is -6.69. The first-order chi connectivity index (χ1) is 32.6. The standard InChI is InChI=1S/C24BF20.C21H21O2S/c26-5-1(6(27)14(35)21(42)13(5)34)25(2-7(28)15(36)22(43)16(37)8(2)29,3-9(30)17(38)23(44)18(39)10(3)31)4-11(32)19(40)24(45)20(41)12(4)33;1-22-16-17-23-20-14-8-9-15-21(20)24(18-10-4-2-5-11-18)19-12-6-3-7-13-19/h;2-15H,16-17H2,1H3/q-1;+1. The Morgan fingerprint density at radius 2 is 0.565 bits per heavy atom. The largest absolute Gasteiger partial charge is 0.486 e. The first kappa shape index (κ1) is 51.7. The van der Waals surface area contributed by atoms with Gasteiger partial charge in [0, 0.05) is 7.11 Å². The monoisotopic (exact) mass is 1020 g/mol. The predicted molar refractivity (Wildman–Crippen MR) is 208 cm³/mol. The summed E-state index contributed by atoms with van der Waals surface area (Å²) in [6.45, 7) is 1.13. The molecule has 0 aliphatic rings. The third-order valence-corrected chi connectivity index (χ3v) is 12.5. The van der Waals surface area contributed by atoms with Crippen molar-refractivity contribution in [3.63, 3.8) is 0 Å². The number of hydrogen-bond acceptors (Lipinski definition) is 2. The molecule has 24 heteroatoms. The highest BCUT2D eigenvalue weighted by Crippen LogP contribution is 2.37. The molecule has 0 saturated carbocycles. The summed E-state index contributed by atoms with van der Waals surface area (Å²) in [6.07, 6.45) is -7.22. The number of para-hydroxylation sites is 1. The van der Waals surface area contributed by atoms with Gasteiger partial charge in [0.25, 0.3) is 0 Å². The fraction of sp³-hybridized carbons (Fsp3) is 0.0667. The summed E-state index contributed by atoms with van der Waals surface area (Å²) in [5.74, 6) is -70.5. The number of halogens is 20. The number of ether oxygens (including phenoxy) is 2. The molecule has 0 fully saturated rings. The smallest absolute Gasteiger partial charge is 0.208 e. The van der Waals surface area contributed by atoms with Gasteiger partial charge < -0.3 is 9.47 Å². The molecular formula is C45H21BF20O2S. The highest BCUT2D eigenvalue weighted by molar-refractivity contribution is 7.97. The van der Waals surface area contributed by atoms with Crippen LogP contribution in [-0.4, -0.2) is 26.5 Å². The molecule has 362 valence electrons. The molecule has 2 nitrogen and oxygen atoms in total. The van der Waals surface area contributed by atoms with Gasteiger partial charge in [-0.2, -0.15) is 0 Å². The third-order valence-electron chi connectivity index (χ3n) is 10.3. The molecule has 0 heterocycles. The average molecular weight is 1020 g/mol. The molecule has 0 amide bonds. The van der Waals surface area contributed by atoms with Gasteiger partial charge in [0.1, 0.15) is 70.2 Å². The van der Waals surface area contributed by atoms with Crippen LogP contribution in [-0.2, 0) is 15.6 Å². The van der Waals surface area contributed by atoms with E-state index in [4.69, 9.17) is 9.47 Å². The van der Waals surface area contributed by atoms with Crippen molar-refractivity contribution in [2.75, 3.05) is 20.3 Å². The van der Waals surface area contributed by atoms with Crippen molar-refractivity contribution in [2.24, 2.45) is 0 Å². The zero-order valence-corrected chi connectivity index (χ0v) is 34.7. The first-order valence-electron chi connectivity index (χ1n) is 18.9. The van der Waals surface area contributed by atoms with Crippen molar-refractivity contribution >= 4 is 38.9 Å². The van der Waals surface area contributed by atoms with E-state index in [0.717, 1.165) is 5.75 Å². The quantitative estimate of drug-likeness (QED) is 0.0321. The van der Waals surface area contributed by atoms with E-state index in [1.165, 1.54) is 14.7 Å². The number of methoxy groups -OCH3 is 1. The molecule has 0 unspecified atom stereocenters. The zero-order chi connectivity index (χ0) is 51.0. The van der Waals surface area contributed by atoms with Crippen molar-refractivity contribution in [1.29, 1.82) is 0 Å². The SMILES string of the molecule is COCCOc1ccccc1[S+](c1ccccc1)c1ccccc1.Fc1c(F)c(F)c([B-](c2c(F)c(F)c(F)c(F)c2F)(c2c(F)c(F)c(F)c(F)c2F)c2c(F)c(F)c(F)c(F)c2F)c(F)c1F. The second-order valence-electron chi connectivity index (χ2n) is 14.0. The van der Waals surface area contributed by atoms with Crippen molar-refractivity contribution in [2.45, 2.75) is 14.7 Å². The van der Waals surface area contributed by atoms with Crippen LogP contribution in [0.3, 0.4) is 0 Å². The molecule has 0 saturated heterocycles. The molecule has 0 bridgehead atoms. The van der Waals surface area contributed by atoms with Crippen LogP contribution in [0.2, 0.25) is 0 Å². The molecule has 7 rings (SSSR count). The minimum Gasteiger partial charge on any atom is -0.486 e. The van der Waals surface area contributed by atoms with Gasteiger partial charge in [0.05, 0.1) is 6.61 Å². The Balaban J connectivity index is 0.000000273. The number of rotatable bonds is 11. The maximum absolute atomic E-state index is 15.4. The van der Waals surface area contributed by atoms with Gasteiger partial charge in [-0.05, 0) is 36.4 Å². The summed E-state index contributed by atoms with van der Waals surface area (Å²) < 4.78 is 305. The summed E-state index contributed by atoms with van der Waals surface area (Å²) in [5, 5.41) is 0. The highest BCUT2D eigenvalue weighted by Gasteiger charge is 2.52. The van der Waals surface area contributed by atoms with Gasteiger partial charge in [0.15, 0.2) is 85.3 Å². The van der Waals surface area contributed by atoms with E-state index in [-0.39, 0.29) is 10.9 Å². The van der Waals surface area contributed by atoms with Crippen LogP contribution in [0.1, 0.15) is 0 Å². The molecule has 0 N–H and O–H groups in total. The van der Waals surface area contributed by atoms with Gasteiger partial charge in [-0.3, -0.25) is 0 Å². The lowest BCUT2D eigenvalue weighted by Gasteiger charge is -2.44. The van der Waals surface area contributed by atoms with Crippen LogP contribution in [0, 0.1) is 116 Å². The van der Waals surface area contributed by atoms with Crippen LogP contribution in [0.5, 0.6) is 5.75 Å². The summed E-state index contributed by atoms with van der Waals surface area (Å²) in [7, 11) is 1.49. The summed E-state index contributed by atoms with van der Waals surface area (Å²) in [6, 6.07) is 29.5. The van der Waals surface area contributed by atoms with Gasteiger partial charge in [0.2, 0.25) is 4.90 Å². The van der Waals surface area contributed by atoms with Crippen molar-refractivity contribution in [3.8, 4) is 5.75 Å². The van der Waals surface area contributed by atoms with E-state index in [0.29, 0.717) is 13.2 Å². The van der Waals surface area contributed by atoms with Crippen molar-refractivity contribution < 1.29 is 97.3 Å². The molecular weight excluding hydrogens is 995 g/mol. The molecule has 0 spiro atoms. The van der Waals surface area contributed by atoms with Gasteiger partial charge in [-0.1, -0.05) is 48.5 Å². The molecule has 0 aliphatic heterocycles. The minimum atomic E-state index is -7.22. The molecule has 69 heavy (non-hydrogen) atoms. The normalized spacial score (nSPS) is 11.6. The van der Waals surface area contributed by atoms with Gasteiger partial charge in [-0.25, -0.2) is 87.8 Å². The van der Waals surface area contributed by atoms with Crippen LogP contribution in [0.25, 0.3) is 0 Å². The van der Waals surface area contributed by atoms with E-state index in [1.54, 1.807) is 7.11 Å². The van der Waals surface area contributed by atoms with E-state index >= 15 is 35.1 Å². The summed E-state index contributed by atoms with van der Waals surface area (Å²) in [4.78, 5) is 3.77. The van der Waals surface area contributed by atoms with Gasteiger partial charge in [-0.15, -0.1) is 21.9 Å². The molecule has 7 aromatic rings. The minimum absolute atomic E-state index is 0.197. The summed E-state index contributed by atoms with van der Waals surface area (Å²) in [5.41, 5.74) is -14.3. The zero-order valence-electron chi connectivity index (χ0n) is 33.9. The molecule has 0 aliphatic carbocycles. The lowest BCUT2D eigenvalue weighted by atomic mass is 9.12. The van der Waals surface area contributed by atoms with E-state index in [2.05, 4.69) is 72.8 Å². The van der Waals surface area contributed by atoms with Crippen molar-refractivity contribution in [3.05, 3.63) is 201 Å². The van der Waals surface area contributed by atoms with E-state index in [9.17, 15) is 52.7 Å². The molecule has 0 aromatic heterocycles. The second-order valence-corrected chi connectivity index (χ2v) is 16.0. The fourth-order valence-corrected chi connectivity index (χ4v) is 9.53. The van der Waals surface area contributed by atoms with Crippen LogP contribution in [0.15, 0.2) is 99.6 Å². The van der Waals surface area contributed by atoms with Crippen LogP contribution >= 0.6 is 0 Å².